The summed E-state index contributed by atoms with van der Waals surface area (Å²) in [4.78, 5) is 37.0. The molecule has 8 aromatic rings. The summed E-state index contributed by atoms with van der Waals surface area (Å²) in [6, 6.07) is 30.7. The molecule has 0 spiro atoms. The van der Waals surface area contributed by atoms with Crippen molar-refractivity contribution in [2.45, 2.75) is 205 Å². The Morgan fingerprint density at radius 3 is 0.987 bits per heavy atom. The van der Waals surface area contributed by atoms with Gasteiger partial charge in [0, 0.05) is 49.4 Å². The Hall–Kier alpha value is -6.47. The Kier molecular flexibility index (Phi) is 10.0. The van der Waals surface area contributed by atoms with Gasteiger partial charge in [-0.3, -0.25) is 0 Å². The molecule has 7 heteroatoms. The lowest BCUT2D eigenvalue weighted by Gasteiger charge is -2.42. The summed E-state index contributed by atoms with van der Waals surface area (Å²) in [5.41, 5.74) is 21.6. The third-order valence-corrected chi connectivity index (χ3v) is 21.1. The fraction of sp³-hybridized carbons (Fsp3) is 0.451. The van der Waals surface area contributed by atoms with Crippen LogP contribution >= 0.6 is 0 Å². The number of aromatic nitrogens is 7. The van der Waals surface area contributed by atoms with Crippen molar-refractivity contribution in [2.24, 2.45) is 0 Å². The van der Waals surface area contributed by atoms with E-state index in [0.29, 0.717) is 17.5 Å². The normalized spacial score (nSPS) is 21.0. The fourth-order valence-corrected chi connectivity index (χ4v) is 15.2. The number of H-pyrrole nitrogens is 2. The molecule has 78 heavy (non-hydrogen) atoms. The fourth-order valence-electron chi connectivity index (χ4n) is 15.2. The molecule has 4 aliphatic carbocycles. The summed E-state index contributed by atoms with van der Waals surface area (Å²) in [5, 5.41) is 4.35. The van der Waals surface area contributed by atoms with Crippen molar-refractivity contribution in [1.82, 2.24) is 34.9 Å². The van der Waals surface area contributed by atoms with Crippen molar-refractivity contribution in [3.05, 3.63) is 123 Å². The van der Waals surface area contributed by atoms with Gasteiger partial charge in [0.1, 0.15) is 16.9 Å². The van der Waals surface area contributed by atoms with Gasteiger partial charge in [0.25, 0.3) is 0 Å². The van der Waals surface area contributed by atoms with E-state index in [-0.39, 0.29) is 43.3 Å². The zero-order valence-electron chi connectivity index (χ0n) is 49.4. The van der Waals surface area contributed by atoms with Crippen LogP contribution in [0.15, 0.2) is 78.9 Å². The molecule has 0 fully saturated rings. The van der Waals surface area contributed by atoms with Crippen molar-refractivity contribution in [2.75, 3.05) is 0 Å². The Bertz CT molecular complexity index is 4150. The van der Waals surface area contributed by atoms with Gasteiger partial charge in [0.2, 0.25) is 0 Å². The summed E-state index contributed by atoms with van der Waals surface area (Å²) in [7, 11) is 0. The number of benzene rings is 5. The predicted octanol–water partition coefficient (Wildman–Crippen LogP) is 18.5. The number of fused-ring (bicyclic) bond motifs is 24. The molecular formula is C71H79N7. The summed E-state index contributed by atoms with van der Waals surface area (Å²) in [6.07, 6.45) is 8.89. The van der Waals surface area contributed by atoms with Crippen LogP contribution in [0.3, 0.4) is 0 Å². The van der Waals surface area contributed by atoms with Crippen LogP contribution in [0.4, 0.5) is 0 Å². The van der Waals surface area contributed by atoms with Crippen LogP contribution in [0.5, 0.6) is 0 Å². The van der Waals surface area contributed by atoms with Gasteiger partial charge in [-0.05, 0) is 193 Å². The molecule has 2 aliphatic heterocycles. The van der Waals surface area contributed by atoms with Gasteiger partial charge in [0.05, 0.1) is 11.2 Å². The number of rotatable bonds is 1. The van der Waals surface area contributed by atoms with E-state index in [1.165, 1.54) is 44.5 Å². The van der Waals surface area contributed by atoms with Gasteiger partial charge in [-0.1, -0.05) is 141 Å². The van der Waals surface area contributed by atoms with Gasteiger partial charge < -0.3 is 9.97 Å². The van der Waals surface area contributed by atoms with Crippen LogP contribution in [0.2, 0.25) is 0 Å². The number of aromatic amines is 2. The van der Waals surface area contributed by atoms with Gasteiger partial charge in [0.15, 0.2) is 17.5 Å². The van der Waals surface area contributed by atoms with E-state index in [9.17, 15) is 0 Å². The standard InChI is InChI=1S/C71H79N7/c1-64(2)22-24-66(5,6)49-32-41-39(30-47(49)64)56-55(38-20-18-17-19-21-38)57-40-31-48-50(67(7,8)25-23-65(48,3)4)33-42(40)59(73-57)75-61-44-35-52-54(71(15,16)29-27-69(52,11)12)37-46(44)63(77-61)78-62-45-36-53-51(68(9,10)26-28-70(53,13)14)34-43(45)60(76-62)74-58(41)72-56/h17-21,30-37H,22-29H2,1-16H3,(H2,72,73,74,75,76,77,78). The monoisotopic (exact) mass is 1030 g/mol. The summed E-state index contributed by atoms with van der Waals surface area (Å²) in [5.74, 6) is 2.07. The highest BCUT2D eigenvalue weighted by Gasteiger charge is 2.43. The molecule has 0 unspecified atom stereocenters. The zero-order chi connectivity index (χ0) is 54.8. The summed E-state index contributed by atoms with van der Waals surface area (Å²) < 4.78 is 0. The molecule has 7 nitrogen and oxygen atoms in total. The first-order chi connectivity index (χ1) is 36.5. The van der Waals surface area contributed by atoms with E-state index < -0.39 is 0 Å². The third-order valence-electron chi connectivity index (χ3n) is 21.1. The Balaban J connectivity index is 1.23. The van der Waals surface area contributed by atoms with Gasteiger partial charge in [-0.15, -0.1) is 0 Å². The third kappa shape index (κ3) is 7.16. The quantitative estimate of drug-likeness (QED) is 0.171. The first-order valence-electron chi connectivity index (χ1n) is 29.3. The van der Waals surface area contributed by atoms with Crippen LogP contribution in [0, 0.1) is 0 Å². The van der Waals surface area contributed by atoms with Crippen molar-refractivity contribution in [3.8, 4) is 56.5 Å². The minimum Gasteiger partial charge on any atom is -0.339 e. The molecule has 3 aromatic heterocycles. The van der Waals surface area contributed by atoms with Crippen LogP contribution < -0.4 is 0 Å². The Morgan fingerprint density at radius 2 is 0.603 bits per heavy atom. The lowest BCUT2D eigenvalue weighted by molar-refractivity contribution is 0.332. The molecule has 0 saturated carbocycles. The maximum Gasteiger partial charge on any atom is 0.164 e. The molecule has 0 saturated heterocycles. The van der Waals surface area contributed by atoms with Crippen LogP contribution in [-0.2, 0) is 43.3 Å². The number of hydrogen-bond donors (Lipinski definition) is 2. The second-order valence-electron chi connectivity index (χ2n) is 30.1. The van der Waals surface area contributed by atoms with Crippen molar-refractivity contribution >= 4 is 44.0 Å². The maximum absolute atomic E-state index is 5.91. The number of nitrogens with zero attached hydrogens (tertiary/aromatic N) is 5. The average molecular weight is 1030 g/mol. The van der Waals surface area contributed by atoms with Crippen LogP contribution in [0.1, 0.15) is 207 Å². The van der Waals surface area contributed by atoms with E-state index in [0.717, 1.165) is 134 Å². The highest BCUT2D eigenvalue weighted by molar-refractivity contribution is 6.14. The molecule has 398 valence electrons. The van der Waals surface area contributed by atoms with Gasteiger partial charge in [-0.2, -0.15) is 0 Å². The molecule has 14 rings (SSSR count). The highest BCUT2D eigenvalue weighted by atomic mass is 15.0. The van der Waals surface area contributed by atoms with Crippen molar-refractivity contribution in [3.63, 3.8) is 0 Å². The second-order valence-corrected chi connectivity index (χ2v) is 30.1. The van der Waals surface area contributed by atoms with Crippen molar-refractivity contribution < 1.29 is 0 Å². The predicted molar refractivity (Wildman–Crippen MR) is 325 cm³/mol. The molecule has 0 radical (unpaired) electrons. The highest BCUT2D eigenvalue weighted by Crippen LogP contribution is 2.55. The first kappa shape index (κ1) is 49.8. The van der Waals surface area contributed by atoms with Crippen molar-refractivity contribution in [1.29, 1.82) is 0 Å². The molecule has 0 atom stereocenters. The SMILES string of the molecule is CC1(C)CCC(C)(C)c2cc3c(cc21)-c1nc-3nc2[nH]c(c(-c3ccccc3)c3nc(nc4[nH]c(n1)c1cc5c(cc41)C(C)(C)CCC5(C)C)-c1cc4c(cc1-3)C(C)(C)CCC4(C)C)c1cc3c(cc21)C(C)(C)CCC3(C)C. The Labute approximate surface area is 462 Å². The van der Waals surface area contributed by atoms with E-state index in [4.69, 9.17) is 24.9 Å². The molecule has 0 amide bonds. The smallest absolute Gasteiger partial charge is 0.164 e. The summed E-state index contributed by atoms with van der Waals surface area (Å²) >= 11 is 0. The summed E-state index contributed by atoms with van der Waals surface area (Å²) in [6.45, 7) is 38.7. The van der Waals surface area contributed by atoms with Crippen LogP contribution in [-0.4, -0.2) is 34.9 Å². The lowest BCUT2D eigenvalue weighted by atomic mass is 9.62. The minimum atomic E-state index is -0.0282. The second kappa shape index (κ2) is 15.7. The maximum atomic E-state index is 5.91. The largest absolute Gasteiger partial charge is 0.339 e. The number of nitrogens with one attached hydrogen (secondary N) is 2. The van der Waals surface area contributed by atoms with E-state index in [2.05, 4.69) is 200 Å². The molecule has 8 bridgehead atoms. The molecule has 2 N–H and O–H groups in total. The van der Waals surface area contributed by atoms with Gasteiger partial charge in [-0.25, -0.2) is 24.9 Å². The number of hydrogen-bond acceptors (Lipinski definition) is 5. The van der Waals surface area contributed by atoms with E-state index in [1.54, 1.807) is 0 Å². The molecule has 5 heterocycles. The first-order valence-corrected chi connectivity index (χ1v) is 29.3. The molecular weight excluding hydrogens is 951 g/mol. The van der Waals surface area contributed by atoms with Crippen LogP contribution in [0.25, 0.3) is 101 Å². The van der Waals surface area contributed by atoms with E-state index in [1.807, 2.05) is 0 Å². The average Bonchev–Trinajstić information content (AvgIpc) is 4.20. The lowest BCUT2D eigenvalue weighted by Crippen LogP contribution is -2.33. The van der Waals surface area contributed by atoms with E-state index >= 15 is 0 Å². The Morgan fingerprint density at radius 1 is 0.308 bits per heavy atom. The zero-order valence-corrected chi connectivity index (χ0v) is 49.4. The topological polar surface area (TPSA) is 96.0 Å². The van der Waals surface area contributed by atoms with Gasteiger partial charge >= 0.3 is 0 Å². The molecule has 5 aromatic carbocycles. The molecule has 6 aliphatic rings. The minimum absolute atomic E-state index is 0.0156.